The third-order valence-corrected chi connectivity index (χ3v) is 6.62. The van der Waals surface area contributed by atoms with Crippen LogP contribution in [-0.2, 0) is 34.1 Å². The number of ether oxygens (including phenoxy) is 4. The Labute approximate surface area is 237 Å². The van der Waals surface area contributed by atoms with Gasteiger partial charge in [-0.2, -0.15) is 10.4 Å². The molecule has 3 N–H and O–H groups in total. The Balaban J connectivity index is 0.000000681. The summed E-state index contributed by atoms with van der Waals surface area (Å²) in [6, 6.07) is 4.74. The van der Waals surface area contributed by atoms with Crippen LogP contribution in [0.2, 0.25) is 0 Å². The van der Waals surface area contributed by atoms with Crippen molar-refractivity contribution in [1.29, 1.82) is 5.26 Å². The van der Waals surface area contributed by atoms with Gasteiger partial charge in [-0.15, -0.1) is 0 Å². The largest absolute Gasteiger partial charge is 0.457 e. The number of fused-ring (bicyclic) bond motifs is 1. The predicted octanol–water partition coefficient (Wildman–Crippen LogP) is 2.57. The molecule has 1 amide bonds. The van der Waals surface area contributed by atoms with Gasteiger partial charge in [0.05, 0.1) is 17.7 Å². The summed E-state index contributed by atoms with van der Waals surface area (Å²) in [5.74, 6) is -1.31. The third-order valence-electron chi connectivity index (χ3n) is 6.62. The van der Waals surface area contributed by atoms with E-state index in [-0.39, 0.29) is 17.0 Å². The molecule has 3 heterocycles. The zero-order valence-electron chi connectivity index (χ0n) is 23.7. The molecule has 2 fully saturated rings. The third kappa shape index (κ3) is 7.49. The van der Waals surface area contributed by atoms with E-state index in [1.54, 1.807) is 20.8 Å². The van der Waals surface area contributed by atoms with Crippen LogP contribution in [0.15, 0.2) is 18.5 Å². The number of aliphatic hydroxyl groups is 2. The van der Waals surface area contributed by atoms with Crippen LogP contribution in [0.1, 0.15) is 71.9 Å². The Morgan fingerprint density at radius 1 is 1.17 bits per heavy atom. The highest BCUT2D eigenvalue weighted by atomic mass is 16.7. The van der Waals surface area contributed by atoms with E-state index < -0.39 is 60.8 Å². The van der Waals surface area contributed by atoms with Crippen LogP contribution >= 0.6 is 0 Å². The van der Waals surface area contributed by atoms with Gasteiger partial charge < -0.3 is 29.2 Å². The van der Waals surface area contributed by atoms with E-state index in [1.165, 1.54) is 55.2 Å². The minimum Gasteiger partial charge on any atom is -0.457 e. The average molecular weight is 576 g/mol. The lowest BCUT2D eigenvalue weighted by Crippen LogP contribution is -2.42. The minimum atomic E-state index is -2.06. The number of nitrogens with one attached hydrogen (secondary N) is 1. The van der Waals surface area contributed by atoms with Crippen molar-refractivity contribution in [2.24, 2.45) is 5.41 Å². The Morgan fingerprint density at radius 2 is 1.80 bits per heavy atom. The maximum Gasteiger partial charge on any atom is 0.415 e. The molecule has 2 aliphatic rings. The summed E-state index contributed by atoms with van der Waals surface area (Å²) in [7, 11) is 0. The van der Waals surface area contributed by atoms with E-state index in [0.717, 1.165) is 13.3 Å². The molecule has 1 aliphatic carbocycles. The number of rotatable bonds is 6. The first-order valence-corrected chi connectivity index (χ1v) is 13.4. The number of anilines is 1. The van der Waals surface area contributed by atoms with E-state index in [9.17, 15) is 29.9 Å². The summed E-state index contributed by atoms with van der Waals surface area (Å²) < 4.78 is 21.7. The maximum atomic E-state index is 12.2. The van der Waals surface area contributed by atoms with Gasteiger partial charge in [-0.3, -0.25) is 14.9 Å². The quantitative estimate of drug-likeness (QED) is 0.337. The summed E-state index contributed by atoms with van der Waals surface area (Å²) in [4.78, 5) is 39.4. The second-order valence-corrected chi connectivity index (χ2v) is 10.8. The number of hydrogen-bond donors (Lipinski definition) is 3. The van der Waals surface area contributed by atoms with Crippen LogP contribution in [-0.4, -0.2) is 74.6 Å². The van der Waals surface area contributed by atoms with Crippen molar-refractivity contribution in [3.05, 3.63) is 24.2 Å². The summed E-state index contributed by atoms with van der Waals surface area (Å²) in [5, 5.41) is 36.9. The van der Waals surface area contributed by atoms with Crippen LogP contribution in [0.3, 0.4) is 0 Å². The van der Waals surface area contributed by atoms with Crippen molar-refractivity contribution >= 4 is 29.4 Å². The number of esters is 2. The second kappa shape index (κ2) is 13.7. The molecule has 4 rings (SSSR count). The molecule has 1 saturated carbocycles. The van der Waals surface area contributed by atoms with Gasteiger partial charge in [0.2, 0.25) is 12.4 Å². The molecule has 224 valence electrons. The molecule has 1 aliphatic heterocycles. The molecule has 2 aromatic rings. The summed E-state index contributed by atoms with van der Waals surface area (Å²) in [5.41, 5.74) is -2.59. The predicted molar refractivity (Wildman–Crippen MR) is 142 cm³/mol. The summed E-state index contributed by atoms with van der Waals surface area (Å²) >= 11 is 0. The highest BCUT2D eigenvalue weighted by molar-refractivity contribution is 5.88. The van der Waals surface area contributed by atoms with Gasteiger partial charge in [-0.25, -0.2) is 14.3 Å². The van der Waals surface area contributed by atoms with Crippen molar-refractivity contribution in [2.75, 3.05) is 18.7 Å². The molecule has 14 nitrogen and oxygen atoms in total. The maximum absolute atomic E-state index is 12.2. The molecule has 0 unspecified atom stereocenters. The zero-order chi connectivity index (χ0) is 30.2. The smallest absolute Gasteiger partial charge is 0.415 e. The Bertz CT molecular complexity index is 1250. The summed E-state index contributed by atoms with van der Waals surface area (Å²) in [6.45, 7) is 4.81. The van der Waals surface area contributed by atoms with E-state index >= 15 is 0 Å². The lowest BCUT2D eigenvalue weighted by Gasteiger charge is -2.24. The number of nitriles is 1. The molecular formula is C27H37N5O9. The zero-order valence-corrected chi connectivity index (χ0v) is 23.7. The van der Waals surface area contributed by atoms with E-state index in [1.807, 2.05) is 6.07 Å². The van der Waals surface area contributed by atoms with Gasteiger partial charge in [0.25, 0.3) is 0 Å². The molecule has 4 atom stereocenters. The van der Waals surface area contributed by atoms with Crippen LogP contribution in [0.4, 0.5) is 10.6 Å². The van der Waals surface area contributed by atoms with E-state index in [0.29, 0.717) is 0 Å². The van der Waals surface area contributed by atoms with Crippen molar-refractivity contribution < 1.29 is 43.5 Å². The lowest BCUT2D eigenvalue weighted by molar-refractivity contribution is -0.161. The molecule has 0 spiro atoms. The number of aliphatic hydroxyl groups excluding tert-OH is 2. The highest BCUT2D eigenvalue weighted by Gasteiger charge is 2.59. The molecule has 0 bridgehead atoms. The topological polar surface area (TPSA) is 195 Å². The van der Waals surface area contributed by atoms with Crippen LogP contribution in [0.25, 0.3) is 5.52 Å². The highest BCUT2D eigenvalue weighted by Crippen LogP contribution is 2.41. The van der Waals surface area contributed by atoms with E-state index in [2.05, 4.69) is 15.4 Å². The summed E-state index contributed by atoms with van der Waals surface area (Å²) in [6.07, 6.45) is 4.95. The standard InChI is InChI=1S/C21H25N5O9.C6H12/c1-11(28)34-15-13(7-27)35-21(8-22,16(15)29)14-6-5-12-17(23-9-24-26(12)14)25-19(31)33-10-32-18(30)20(2,3)4;1-2-4-6-5-3-1/h5-6,9,13,15-16,27,29H,7,10H2,1-4H3,(H,23,24,25,31);1-6H2/t13-,15-,16-,21+;/m1./s1. The molecular weight excluding hydrogens is 538 g/mol. The number of aromatic nitrogens is 3. The van der Waals surface area contributed by atoms with Crippen LogP contribution in [0.5, 0.6) is 0 Å². The fourth-order valence-electron chi connectivity index (χ4n) is 4.50. The number of nitrogens with zero attached hydrogens (tertiary/aromatic N) is 4. The van der Waals surface area contributed by atoms with Gasteiger partial charge in [0, 0.05) is 6.92 Å². The second-order valence-electron chi connectivity index (χ2n) is 10.8. The normalized spacial score (nSPS) is 24.0. The Hall–Kier alpha value is -3.80. The number of hydrogen-bond acceptors (Lipinski definition) is 12. The van der Waals surface area contributed by atoms with Gasteiger partial charge in [-0.1, -0.05) is 38.5 Å². The van der Waals surface area contributed by atoms with E-state index in [4.69, 9.17) is 18.9 Å². The monoisotopic (exact) mass is 575 g/mol. The van der Waals surface area contributed by atoms with Gasteiger partial charge >= 0.3 is 18.0 Å². The first-order valence-electron chi connectivity index (χ1n) is 13.4. The molecule has 2 aromatic heterocycles. The number of amides is 1. The fraction of sp³-hybridized carbons (Fsp3) is 0.630. The fourth-order valence-corrected chi connectivity index (χ4v) is 4.50. The Morgan fingerprint density at radius 3 is 2.34 bits per heavy atom. The van der Waals surface area contributed by atoms with Crippen molar-refractivity contribution in [2.45, 2.75) is 90.1 Å². The minimum absolute atomic E-state index is 0.0192. The first kappa shape index (κ1) is 31.7. The SMILES string of the molecule is C1CCCCC1.CC(=O)O[C@H]1[C@@H](O)[C@](C#N)(c2ccc3c(NC(=O)OCOC(=O)C(C)(C)C)ncnn23)O[C@@H]1CO. The lowest BCUT2D eigenvalue weighted by atomic mass is 9.92. The molecule has 14 heteroatoms. The molecule has 0 radical (unpaired) electrons. The van der Waals surface area contributed by atoms with Gasteiger partial charge in [0.1, 0.15) is 30.1 Å². The van der Waals surface area contributed by atoms with Crippen LogP contribution < -0.4 is 5.32 Å². The molecule has 0 aromatic carbocycles. The number of carbonyl (C=O) groups excluding carboxylic acids is 3. The molecule has 1 saturated heterocycles. The van der Waals surface area contributed by atoms with Gasteiger partial charge in [0.15, 0.2) is 11.9 Å². The average Bonchev–Trinajstić information content (AvgIpc) is 3.49. The Kier molecular flexibility index (Phi) is 10.6. The molecule has 41 heavy (non-hydrogen) atoms. The van der Waals surface area contributed by atoms with Crippen molar-refractivity contribution in [3.63, 3.8) is 0 Å². The number of carbonyl (C=O) groups is 3. The first-order chi connectivity index (χ1) is 19.4. The van der Waals surface area contributed by atoms with Crippen LogP contribution in [0, 0.1) is 16.7 Å². The van der Waals surface area contributed by atoms with Crippen molar-refractivity contribution in [3.8, 4) is 6.07 Å². The van der Waals surface area contributed by atoms with Gasteiger partial charge in [-0.05, 0) is 32.9 Å². The van der Waals surface area contributed by atoms with Crippen molar-refractivity contribution in [1.82, 2.24) is 14.6 Å².